The normalized spacial score (nSPS) is 13.1. The molecule has 0 aromatic heterocycles. The average Bonchev–Trinajstić information content (AvgIpc) is 3.15. The fourth-order valence-electron chi connectivity index (χ4n) is 3.38. The first-order valence-corrected chi connectivity index (χ1v) is 10.8. The van der Waals surface area contributed by atoms with Crippen LogP contribution in [0.2, 0.25) is 0 Å². The summed E-state index contributed by atoms with van der Waals surface area (Å²) in [6.07, 6.45) is 0.543. The molecule has 0 aliphatic carbocycles. The third-order valence-electron chi connectivity index (χ3n) is 4.95. The minimum Gasteiger partial charge on any atom is -0.308 e. The maximum atomic E-state index is 13.6. The van der Waals surface area contributed by atoms with Crippen LogP contribution in [0.25, 0.3) is 0 Å². The molecule has 2 amide bonds. The van der Waals surface area contributed by atoms with E-state index in [9.17, 15) is 17.6 Å². The molecule has 0 unspecified atom stereocenters. The molecule has 0 saturated heterocycles. The van der Waals surface area contributed by atoms with Crippen molar-refractivity contribution in [1.29, 1.82) is 0 Å². The van der Waals surface area contributed by atoms with E-state index in [0.29, 0.717) is 35.6 Å². The largest absolute Gasteiger partial charge is 0.323 e. The molecule has 1 aliphatic rings. The summed E-state index contributed by atoms with van der Waals surface area (Å²) in [5.41, 5.74) is 2.79. The number of fused-ring (bicyclic) bond motifs is 1. The number of sulfonamides is 1. The van der Waals surface area contributed by atoms with Gasteiger partial charge >= 0.3 is 6.03 Å². The molecule has 0 saturated carbocycles. The van der Waals surface area contributed by atoms with Crippen LogP contribution in [0.3, 0.4) is 0 Å². The first-order valence-electron chi connectivity index (χ1n) is 9.39. The molecule has 0 bridgehead atoms. The van der Waals surface area contributed by atoms with Gasteiger partial charge in [-0.05, 0) is 66.9 Å². The van der Waals surface area contributed by atoms with Crippen LogP contribution >= 0.6 is 0 Å². The first-order chi connectivity index (χ1) is 14.3. The Labute approximate surface area is 174 Å². The Balaban J connectivity index is 1.50. The summed E-state index contributed by atoms with van der Waals surface area (Å²) in [6.45, 7) is 1.98. The van der Waals surface area contributed by atoms with Crippen LogP contribution in [0.15, 0.2) is 71.6 Å². The molecule has 8 heteroatoms. The van der Waals surface area contributed by atoms with Crippen molar-refractivity contribution >= 4 is 33.1 Å². The van der Waals surface area contributed by atoms with Gasteiger partial charge in [-0.3, -0.25) is 4.31 Å². The molecule has 6 nitrogen and oxygen atoms in total. The lowest BCUT2D eigenvalue weighted by Gasteiger charge is -2.19. The highest BCUT2D eigenvalue weighted by Gasteiger charge is 2.30. The van der Waals surface area contributed by atoms with Crippen LogP contribution in [0.1, 0.15) is 11.1 Å². The smallest absolute Gasteiger partial charge is 0.308 e. The van der Waals surface area contributed by atoms with Gasteiger partial charge in [-0.15, -0.1) is 0 Å². The van der Waals surface area contributed by atoms with E-state index in [2.05, 4.69) is 10.6 Å². The molecule has 3 aromatic rings. The Bertz CT molecular complexity index is 1210. The van der Waals surface area contributed by atoms with E-state index in [4.69, 9.17) is 0 Å². The van der Waals surface area contributed by atoms with E-state index in [1.54, 1.807) is 67.6 Å². The molecule has 1 heterocycles. The summed E-state index contributed by atoms with van der Waals surface area (Å²) in [5, 5.41) is 5.28. The van der Waals surface area contributed by atoms with E-state index in [1.807, 2.05) is 0 Å². The van der Waals surface area contributed by atoms with E-state index in [-0.39, 0.29) is 4.90 Å². The molecule has 0 spiro atoms. The fraction of sp³-hybridized carbons (Fsp3) is 0.136. The summed E-state index contributed by atoms with van der Waals surface area (Å²) in [5.74, 6) is -0.398. The van der Waals surface area contributed by atoms with Gasteiger partial charge < -0.3 is 10.6 Å². The summed E-state index contributed by atoms with van der Waals surface area (Å²) >= 11 is 0. The Morgan fingerprint density at radius 1 is 0.967 bits per heavy atom. The highest BCUT2D eigenvalue weighted by atomic mass is 32.2. The van der Waals surface area contributed by atoms with Gasteiger partial charge in [0.15, 0.2) is 0 Å². The third-order valence-corrected chi connectivity index (χ3v) is 6.78. The van der Waals surface area contributed by atoms with Gasteiger partial charge in [0.1, 0.15) is 5.82 Å². The first kappa shape index (κ1) is 19.9. The van der Waals surface area contributed by atoms with Crippen LogP contribution in [0.4, 0.5) is 26.2 Å². The fourth-order valence-corrected chi connectivity index (χ4v) is 4.91. The number of rotatable bonds is 4. The molecule has 3 aromatic carbocycles. The summed E-state index contributed by atoms with van der Waals surface area (Å²) in [6, 6.07) is 17.3. The standard InChI is InChI=1S/C22H20FN3O3S/c1-15-7-8-18(14-20(15)23)25-22(27)24-17-9-10-21-16(13-17)11-12-26(21)30(28,29)19-5-3-2-4-6-19/h2-10,13-14H,11-12H2,1H3,(H2,24,25,27). The molecule has 30 heavy (non-hydrogen) atoms. The number of urea groups is 1. The molecule has 0 atom stereocenters. The topological polar surface area (TPSA) is 78.5 Å². The van der Waals surface area contributed by atoms with Crippen LogP contribution in [0.5, 0.6) is 0 Å². The molecular weight excluding hydrogens is 405 g/mol. The van der Waals surface area contributed by atoms with Crippen LogP contribution in [-0.4, -0.2) is 21.0 Å². The number of hydrogen-bond donors (Lipinski definition) is 2. The summed E-state index contributed by atoms with van der Waals surface area (Å²) in [4.78, 5) is 12.5. The number of aryl methyl sites for hydroxylation is 1. The van der Waals surface area contributed by atoms with Gasteiger partial charge in [0, 0.05) is 17.9 Å². The zero-order valence-electron chi connectivity index (χ0n) is 16.2. The quantitative estimate of drug-likeness (QED) is 0.645. The molecule has 2 N–H and O–H groups in total. The number of halogens is 1. The lowest BCUT2D eigenvalue weighted by atomic mass is 10.1. The van der Waals surface area contributed by atoms with Gasteiger partial charge in [0.25, 0.3) is 10.0 Å². The molecular formula is C22H20FN3O3S. The van der Waals surface area contributed by atoms with Crippen molar-refractivity contribution in [3.05, 3.63) is 83.7 Å². The number of carbonyl (C=O) groups is 1. The van der Waals surface area contributed by atoms with E-state index < -0.39 is 21.9 Å². The molecule has 154 valence electrons. The van der Waals surface area contributed by atoms with Crippen LogP contribution in [0, 0.1) is 12.7 Å². The van der Waals surface area contributed by atoms with E-state index >= 15 is 0 Å². The monoisotopic (exact) mass is 425 g/mol. The Morgan fingerprint density at radius 2 is 1.63 bits per heavy atom. The Kier molecular flexibility index (Phi) is 5.17. The minimum absolute atomic E-state index is 0.241. The van der Waals surface area contributed by atoms with E-state index in [1.165, 1.54) is 10.4 Å². The van der Waals surface area contributed by atoms with Crippen molar-refractivity contribution < 1.29 is 17.6 Å². The summed E-state index contributed by atoms with van der Waals surface area (Å²) in [7, 11) is -3.64. The second kappa shape index (κ2) is 7.79. The number of benzene rings is 3. The van der Waals surface area contributed by atoms with Gasteiger partial charge in [0.2, 0.25) is 0 Å². The number of nitrogens with zero attached hydrogens (tertiary/aromatic N) is 1. The molecule has 0 radical (unpaired) electrons. The number of anilines is 3. The van der Waals surface area contributed by atoms with Crippen molar-refractivity contribution in [2.75, 3.05) is 21.5 Å². The minimum atomic E-state index is -3.64. The summed E-state index contributed by atoms with van der Waals surface area (Å²) < 4.78 is 40.9. The lowest BCUT2D eigenvalue weighted by molar-refractivity contribution is 0.262. The maximum absolute atomic E-state index is 13.6. The van der Waals surface area contributed by atoms with Crippen molar-refractivity contribution in [2.45, 2.75) is 18.2 Å². The zero-order valence-corrected chi connectivity index (χ0v) is 17.0. The maximum Gasteiger partial charge on any atom is 0.323 e. The molecule has 0 fully saturated rings. The SMILES string of the molecule is Cc1ccc(NC(=O)Nc2ccc3c(c2)CCN3S(=O)(=O)c2ccccc2)cc1F. The van der Waals surface area contributed by atoms with Crippen molar-refractivity contribution in [3.63, 3.8) is 0 Å². The predicted octanol–water partition coefficient (Wildman–Crippen LogP) is 4.53. The third kappa shape index (κ3) is 3.86. The Morgan fingerprint density at radius 3 is 2.33 bits per heavy atom. The van der Waals surface area contributed by atoms with Crippen molar-refractivity contribution in [1.82, 2.24) is 0 Å². The second-order valence-corrected chi connectivity index (χ2v) is 8.89. The van der Waals surface area contributed by atoms with Gasteiger partial charge in [0.05, 0.1) is 10.6 Å². The van der Waals surface area contributed by atoms with Gasteiger partial charge in [-0.1, -0.05) is 24.3 Å². The highest BCUT2D eigenvalue weighted by molar-refractivity contribution is 7.92. The zero-order chi connectivity index (χ0) is 21.3. The van der Waals surface area contributed by atoms with Crippen molar-refractivity contribution in [2.24, 2.45) is 0 Å². The molecule has 4 rings (SSSR count). The van der Waals surface area contributed by atoms with Crippen molar-refractivity contribution in [3.8, 4) is 0 Å². The lowest BCUT2D eigenvalue weighted by Crippen LogP contribution is -2.29. The highest BCUT2D eigenvalue weighted by Crippen LogP contribution is 2.34. The van der Waals surface area contributed by atoms with E-state index in [0.717, 1.165) is 5.56 Å². The number of nitrogens with one attached hydrogen (secondary N) is 2. The average molecular weight is 425 g/mol. The number of carbonyl (C=O) groups excluding carboxylic acids is 1. The second-order valence-electron chi connectivity index (χ2n) is 7.03. The van der Waals surface area contributed by atoms with Crippen LogP contribution in [-0.2, 0) is 16.4 Å². The van der Waals surface area contributed by atoms with Crippen LogP contribution < -0.4 is 14.9 Å². The predicted molar refractivity (Wildman–Crippen MR) is 115 cm³/mol. The molecule has 1 aliphatic heterocycles. The van der Waals surface area contributed by atoms with Gasteiger partial charge in [-0.2, -0.15) is 0 Å². The number of amides is 2. The number of hydrogen-bond acceptors (Lipinski definition) is 3. The Hall–Kier alpha value is -3.39. The van der Waals surface area contributed by atoms with Gasteiger partial charge in [-0.25, -0.2) is 17.6 Å².